The van der Waals surface area contributed by atoms with Crippen LogP contribution in [-0.2, 0) is 4.74 Å². The Labute approximate surface area is 161 Å². The van der Waals surface area contributed by atoms with Crippen LogP contribution >= 0.6 is 0 Å². The summed E-state index contributed by atoms with van der Waals surface area (Å²) in [6.45, 7) is 0. The second-order valence-electron chi connectivity index (χ2n) is 5.78. The molecular weight excluding hydrogens is 364 g/mol. The minimum absolute atomic E-state index is 0.157. The van der Waals surface area contributed by atoms with Crippen molar-refractivity contribution in [2.24, 2.45) is 0 Å². The van der Waals surface area contributed by atoms with E-state index in [4.69, 9.17) is 18.9 Å². The highest BCUT2D eigenvalue weighted by Crippen LogP contribution is 2.38. The predicted octanol–water partition coefficient (Wildman–Crippen LogP) is 3.23. The van der Waals surface area contributed by atoms with Gasteiger partial charge in [0.05, 0.1) is 34.1 Å². The number of benzene rings is 2. The summed E-state index contributed by atoms with van der Waals surface area (Å²) in [5.41, 5.74) is 1.46. The van der Waals surface area contributed by atoms with Gasteiger partial charge in [0.15, 0.2) is 11.5 Å². The van der Waals surface area contributed by atoms with Crippen LogP contribution in [0.25, 0.3) is 10.9 Å². The van der Waals surface area contributed by atoms with E-state index in [1.807, 2.05) is 12.1 Å². The molecule has 2 aromatic carbocycles. The molecule has 0 saturated heterocycles. The van der Waals surface area contributed by atoms with Crippen LogP contribution in [0.1, 0.15) is 20.8 Å². The van der Waals surface area contributed by atoms with E-state index < -0.39 is 11.9 Å². The molecule has 8 nitrogen and oxygen atoms in total. The number of aromatic amines is 1. The highest BCUT2D eigenvalue weighted by molar-refractivity contribution is 6.14. The number of carbonyl (C=O) groups excluding carboxylic acids is 2. The predicted molar refractivity (Wildman–Crippen MR) is 104 cm³/mol. The van der Waals surface area contributed by atoms with Gasteiger partial charge in [0.2, 0.25) is 5.75 Å². The van der Waals surface area contributed by atoms with Crippen LogP contribution in [0.2, 0.25) is 0 Å². The van der Waals surface area contributed by atoms with E-state index >= 15 is 0 Å². The number of methoxy groups -OCH3 is 4. The van der Waals surface area contributed by atoms with Crippen molar-refractivity contribution < 1.29 is 28.5 Å². The third kappa shape index (κ3) is 3.32. The molecule has 28 heavy (non-hydrogen) atoms. The van der Waals surface area contributed by atoms with Gasteiger partial charge in [-0.3, -0.25) is 4.79 Å². The topological polar surface area (TPSA) is 98.9 Å². The second-order valence-corrected chi connectivity index (χ2v) is 5.78. The average Bonchev–Trinajstić information content (AvgIpc) is 3.10. The number of fused-ring (bicyclic) bond motifs is 1. The molecule has 0 aliphatic heterocycles. The maximum atomic E-state index is 12.9. The fraction of sp³-hybridized carbons (Fsp3) is 0.200. The average molecular weight is 384 g/mol. The summed E-state index contributed by atoms with van der Waals surface area (Å²) in [5, 5.41) is 3.47. The van der Waals surface area contributed by atoms with E-state index in [0.29, 0.717) is 33.8 Å². The first-order valence-electron chi connectivity index (χ1n) is 8.34. The first-order valence-corrected chi connectivity index (χ1v) is 8.34. The van der Waals surface area contributed by atoms with E-state index in [2.05, 4.69) is 10.3 Å². The summed E-state index contributed by atoms with van der Waals surface area (Å²) in [7, 11) is 5.69. The molecule has 0 aliphatic carbocycles. The molecule has 0 aliphatic rings. The summed E-state index contributed by atoms with van der Waals surface area (Å²) < 4.78 is 20.7. The summed E-state index contributed by atoms with van der Waals surface area (Å²) >= 11 is 0. The lowest BCUT2D eigenvalue weighted by Gasteiger charge is -2.14. The van der Waals surface area contributed by atoms with Gasteiger partial charge in [-0.2, -0.15) is 0 Å². The Morgan fingerprint density at radius 1 is 0.929 bits per heavy atom. The van der Waals surface area contributed by atoms with Crippen LogP contribution in [0.5, 0.6) is 17.2 Å². The lowest BCUT2D eigenvalue weighted by molar-refractivity contribution is 0.0596. The number of H-pyrrole nitrogens is 1. The minimum Gasteiger partial charge on any atom is -0.493 e. The van der Waals surface area contributed by atoms with Crippen molar-refractivity contribution >= 4 is 28.5 Å². The maximum absolute atomic E-state index is 12.9. The summed E-state index contributed by atoms with van der Waals surface area (Å²) in [5.74, 6) is 0.0349. The first-order chi connectivity index (χ1) is 13.5. The molecule has 0 atom stereocenters. The number of anilines is 1. The molecule has 2 N–H and O–H groups in total. The largest absolute Gasteiger partial charge is 0.493 e. The van der Waals surface area contributed by atoms with E-state index in [9.17, 15) is 9.59 Å². The Morgan fingerprint density at radius 3 is 2.14 bits per heavy atom. The molecule has 8 heteroatoms. The number of esters is 1. The van der Waals surface area contributed by atoms with Crippen LogP contribution in [0, 0.1) is 0 Å². The van der Waals surface area contributed by atoms with Crippen molar-refractivity contribution in [2.45, 2.75) is 0 Å². The van der Waals surface area contributed by atoms with Gasteiger partial charge < -0.3 is 29.2 Å². The Kier molecular flexibility index (Phi) is 5.39. The molecule has 0 spiro atoms. The number of aromatic nitrogens is 1. The molecule has 1 amide bonds. The number of para-hydroxylation sites is 1. The second kappa shape index (κ2) is 7.91. The van der Waals surface area contributed by atoms with Crippen LogP contribution in [0.15, 0.2) is 36.4 Å². The molecule has 3 aromatic rings. The molecule has 0 unspecified atom stereocenters. The van der Waals surface area contributed by atoms with Crippen molar-refractivity contribution in [3.63, 3.8) is 0 Å². The molecule has 3 rings (SSSR count). The summed E-state index contributed by atoms with van der Waals surface area (Å²) in [4.78, 5) is 28.0. The van der Waals surface area contributed by atoms with Crippen LogP contribution in [-0.4, -0.2) is 45.3 Å². The standard InChI is InChI=1S/C20H20N2O6/c1-25-14-9-11(10-15(26-2)18(14)27-3)19(23)22-16-12-7-5-6-8-13(12)21-17(16)20(24)28-4/h5-10,21H,1-4H3,(H,22,23). The minimum atomic E-state index is -0.587. The van der Waals surface area contributed by atoms with Gasteiger partial charge in [0, 0.05) is 16.5 Å². The first kappa shape index (κ1) is 19.1. The number of hydrogen-bond acceptors (Lipinski definition) is 6. The van der Waals surface area contributed by atoms with Crippen molar-refractivity contribution in [1.29, 1.82) is 0 Å². The van der Waals surface area contributed by atoms with Gasteiger partial charge in [-0.15, -0.1) is 0 Å². The van der Waals surface area contributed by atoms with Crippen molar-refractivity contribution in [1.82, 2.24) is 4.98 Å². The summed E-state index contributed by atoms with van der Waals surface area (Å²) in [6, 6.07) is 10.3. The van der Waals surface area contributed by atoms with Gasteiger partial charge in [-0.05, 0) is 18.2 Å². The van der Waals surface area contributed by atoms with Crippen LogP contribution < -0.4 is 19.5 Å². The third-order valence-corrected chi connectivity index (χ3v) is 4.26. The molecule has 0 bridgehead atoms. The van der Waals surface area contributed by atoms with E-state index in [-0.39, 0.29) is 11.3 Å². The Balaban J connectivity index is 2.05. The number of hydrogen-bond donors (Lipinski definition) is 2. The highest BCUT2D eigenvalue weighted by Gasteiger charge is 2.22. The molecule has 1 aromatic heterocycles. The van der Waals surface area contributed by atoms with Crippen molar-refractivity contribution in [3.05, 3.63) is 47.7 Å². The Hall–Kier alpha value is -3.68. The molecule has 1 heterocycles. The van der Waals surface area contributed by atoms with Crippen molar-refractivity contribution in [3.8, 4) is 17.2 Å². The normalized spacial score (nSPS) is 10.4. The lowest BCUT2D eigenvalue weighted by Crippen LogP contribution is -2.15. The number of amides is 1. The zero-order valence-electron chi connectivity index (χ0n) is 15.9. The number of rotatable bonds is 6. The summed E-state index contributed by atoms with van der Waals surface area (Å²) in [6.07, 6.45) is 0. The van der Waals surface area contributed by atoms with E-state index in [1.165, 1.54) is 40.6 Å². The van der Waals surface area contributed by atoms with Crippen LogP contribution in [0.4, 0.5) is 5.69 Å². The maximum Gasteiger partial charge on any atom is 0.356 e. The molecular formula is C20H20N2O6. The number of ether oxygens (including phenoxy) is 4. The SMILES string of the molecule is COC(=O)c1[nH]c2ccccc2c1NC(=O)c1cc(OC)c(OC)c(OC)c1. The monoisotopic (exact) mass is 384 g/mol. The lowest BCUT2D eigenvalue weighted by atomic mass is 10.1. The fourth-order valence-corrected chi connectivity index (χ4v) is 2.92. The third-order valence-electron chi connectivity index (χ3n) is 4.26. The van der Waals surface area contributed by atoms with Gasteiger partial charge in [-0.25, -0.2) is 4.79 Å². The molecule has 146 valence electrons. The Bertz CT molecular complexity index is 1020. The zero-order chi connectivity index (χ0) is 20.3. The quantitative estimate of drug-likeness (QED) is 0.633. The van der Waals surface area contributed by atoms with Gasteiger partial charge in [0.25, 0.3) is 5.91 Å². The Morgan fingerprint density at radius 2 is 1.57 bits per heavy atom. The highest BCUT2D eigenvalue weighted by atomic mass is 16.5. The van der Waals surface area contributed by atoms with Gasteiger partial charge in [0.1, 0.15) is 5.69 Å². The zero-order valence-corrected chi connectivity index (χ0v) is 15.9. The smallest absolute Gasteiger partial charge is 0.356 e. The fourth-order valence-electron chi connectivity index (χ4n) is 2.92. The van der Waals surface area contributed by atoms with E-state index in [0.717, 1.165) is 0 Å². The molecule has 0 radical (unpaired) electrons. The van der Waals surface area contributed by atoms with Crippen molar-refractivity contribution in [2.75, 3.05) is 33.8 Å². The van der Waals surface area contributed by atoms with Crippen LogP contribution in [0.3, 0.4) is 0 Å². The van der Waals surface area contributed by atoms with Gasteiger partial charge >= 0.3 is 5.97 Å². The molecule has 0 saturated carbocycles. The van der Waals surface area contributed by atoms with E-state index in [1.54, 1.807) is 12.1 Å². The number of carbonyl (C=O) groups is 2. The molecule has 0 fully saturated rings. The van der Waals surface area contributed by atoms with Gasteiger partial charge in [-0.1, -0.05) is 18.2 Å². The number of nitrogens with one attached hydrogen (secondary N) is 2.